The molecule has 0 aliphatic carbocycles. The molecule has 0 unspecified atom stereocenters. The Labute approximate surface area is 144 Å². The lowest BCUT2D eigenvalue weighted by molar-refractivity contribution is -0.127. The van der Waals surface area contributed by atoms with Gasteiger partial charge in [-0.2, -0.15) is 0 Å². The number of H-pyrrole nitrogens is 1. The third-order valence-electron chi connectivity index (χ3n) is 3.61. The van der Waals surface area contributed by atoms with Gasteiger partial charge in [0, 0.05) is 13.1 Å². The summed E-state index contributed by atoms with van der Waals surface area (Å²) in [5.41, 5.74) is 1.74. The second-order valence-corrected chi connectivity index (χ2v) is 6.44. The molecule has 0 atom stereocenters. The number of thioether (sulfide) groups is 1. The Bertz CT molecular complexity index is 856. The Morgan fingerprint density at radius 1 is 1.38 bits per heavy atom. The highest BCUT2D eigenvalue weighted by atomic mass is 32.2. The number of aryl methyl sites for hydroxylation is 1. The van der Waals surface area contributed by atoms with E-state index in [4.69, 9.17) is 9.15 Å². The Kier molecular flexibility index (Phi) is 4.80. The second kappa shape index (κ2) is 7.00. The van der Waals surface area contributed by atoms with Crippen LogP contribution in [0.2, 0.25) is 0 Å². The maximum absolute atomic E-state index is 12.2. The molecule has 2 aromatic heterocycles. The van der Waals surface area contributed by atoms with Crippen LogP contribution in [0.5, 0.6) is 5.75 Å². The van der Waals surface area contributed by atoms with Crippen LogP contribution in [0.15, 0.2) is 39.9 Å². The third kappa shape index (κ3) is 3.73. The van der Waals surface area contributed by atoms with Gasteiger partial charge in [-0.25, -0.2) is 4.98 Å². The summed E-state index contributed by atoms with van der Waals surface area (Å²) in [7, 11) is 3.40. The first-order valence-corrected chi connectivity index (χ1v) is 8.49. The fourth-order valence-corrected chi connectivity index (χ4v) is 3.12. The summed E-state index contributed by atoms with van der Waals surface area (Å²) in [5.74, 6) is 2.73. The molecule has 3 aromatic rings. The van der Waals surface area contributed by atoms with Crippen molar-refractivity contribution in [2.75, 3.05) is 19.9 Å². The highest BCUT2D eigenvalue weighted by Crippen LogP contribution is 2.23. The highest BCUT2D eigenvalue weighted by molar-refractivity contribution is 7.99. The number of amides is 1. The number of fused-ring (bicyclic) bond motifs is 1. The van der Waals surface area contributed by atoms with E-state index in [1.54, 1.807) is 19.1 Å². The molecule has 0 bridgehead atoms. The van der Waals surface area contributed by atoms with Crippen molar-refractivity contribution in [3.63, 3.8) is 0 Å². The molecule has 3 rings (SSSR count). The molecule has 2 heterocycles. The Morgan fingerprint density at radius 3 is 2.92 bits per heavy atom. The lowest BCUT2D eigenvalue weighted by atomic mass is 10.3. The van der Waals surface area contributed by atoms with Crippen LogP contribution in [0.1, 0.15) is 11.5 Å². The van der Waals surface area contributed by atoms with Crippen LogP contribution in [0, 0.1) is 6.92 Å². The molecule has 0 saturated carbocycles. The lowest BCUT2D eigenvalue weighted by Gasteiger charge is -2.14. The number of ether oxygens (including phenoxy) is 1. The zero-order valence-corrected chi connectivity index (χ0v) is 14.6. The summed E-state index contributed by atoms with van der Waals surface area (Å²) in [6, 6.07) is 9.42. The van der Waals surface area contributed by atoms with Gasteiger partial charge in [0.05, 0.1) is 30.4 Å². The van der Waals surface area contributed by atoms with Gasteiger partial charge in [0.2, 0.25) is 5.91 Å². The van der Waals surface area contributed by atoms with Gasteiger partial charge < -0.3 is 19.0 Å². The maximum Gasteiger partial charge on any atom is 0.233 e. The van der Waals surface area contributed by atoms with E-state index in [1.807, 2.05) is 37.3 Å². The van der Waals surface area contributed by atoms with Gasteiger partial charge in [-0.1, -0.05) is 11.8 Å². The summed E-state index contributed by atoms with van der Waals surface area (Å²) >= 11 is 1.38. The number of carbonyl (C=O) groups is 1. The fourth-order valence-electron chi connectivity index (χ4n) is 2.29. The van der Waals surface area contributed by atoms with Crippen molar-refractivity contribution in [1.29, 1.82) is 0 Å². The highest BCUT2D eigenvalue weighted by Gasteiger charge is 2.13. The van der Waals surface area contributed by atoms with Gasteiger partial charge >= 0.3 is 0 Å². The van der Waals surface area contributed by atoms with Crippen LogP contribution in [-0.4, -0.2) is 40.7 Å². The molecule has 126 valence electrons. The van der Waals surface area contributed by atoms with Gasteiger partial charge in [-0.05, 0) is 31.2 Å². The van der Waals surface area contributed by atoms with Crippen LogP contribution in [-0.2, 0) is 11.3 Å². The molecule has 1 amide bonds. The molecule has 0 radical (unpaired) electrons. The van der Waals surface area contributed by atoms with E-state index in [1.165, 1.54) is 11.8 Å². The molecule has 0 aliphatic rings. The third-order valence-corrected chi connectivity index (χ3v) is 4.47. The van der Waals surface area contributed by atoms with E-state index in [2.05, 4.69) is 9.97 Å². The zero-order chi connectivity index (χ0) is 17.1. The number of furan rings is 1. The molecule has 0 saturated heterocycles. The zero-order valence-electron chi connectivity index (χ0n) is 13.8. The van der Waals surface area contributed by atoms with Gasteiger partial charge in [-0.15, -0.1) is 0 Å². The van der Waals surface area contributed by atoms with Crippen molar-refractivity contribution in [1.82, 2.24) is 14.9 Å². The van der Waals surface area contributed by atoms with Crippen LogP contribution < -0.4 is 4.74 Å². The molecule has 1 N–H and O–H groups in total. The molecule has 0 fully saturated rings. The topological polar surface area (TPSA) is 71.4 Å². The van der Waals surface area contributed by atoms with Crippen molar-refractivity contribution in [3.8, 4) is 5.75 Å². The largest absolute Gasteiger partial charge is 0.497 e. The molecule has 1 aromatic carbocycles. The quantitative estimate of drug-likeness (QED) is 0.695. The minimum Gasteiger partial charge on any atom is -0.497 e. The number of hydrogen-bond donors (Lipinski definition) is 1. The molecular weight excluding hydrogens is 326 g/mol. The summed E-state index contributed by atoms with van der Waals surface area (Å²) in [6.45, 7) is 2.35. The molecule has 0 spiro atoms. The summed E-state index contributed by atoms with van der Waals surface area (Å²) in [4.78, 5) is 21.6. The minimum absolute atomic E-state index is 0.0205. The molecule has 6 nitrogen and oxygen atoms in total. The predicted molar refractivity (Wildman–Crippen MR) is 93.3 cm³/mol. The molecular formula is C17H19N3O3S. The van der Waals surface area contributed by atoms with Crippen LogP contribution in [0.25, 0.3) is 11.0 Å². The fraction of sp³-hybridized carbons (Fsp3) is 0.294. The number of rotatable bonds is 6. The van der Waals surface area contributed by atoms with E-state index in [-0.39, 0.29) is 5.91 Å². The van der Waals surface area contributed by atoms with Crippen molar-refractivity contribution >= 4 is 28.7 Å². The molecule has 0 aliphatic heterocycles. The molecule has 24 heavy (non-hydrogen) atoms. The van der Waals surface area contributed by atoms with Crippen molar-refractivity contribution in [2.24, 2.45) is 0 Å². The number of aromatic amines is 1. The van der Waals surface area contributed by atoms with Crippen LogP contribution in [0.4, 0.5) is 0 Å². The number of carbonyl (C=O) groups excluding carboxylic acids is 1. The van der Waals surface area contributed by atoms with Gasteiger partial charge in [0.15, 0.2) is 5.16 Å². The van der Waals surface area contributed by atoms with E-state index in [0.717, 1.165) is 28.3 Å². The molecule has 7 heteroatoms. The van der Waals surface area contributed by atoms with Crippen molar-refractivity contribution in [3.05, 3.63) is 41.9 Å². The number of hydrogen-bond acceptors (Lipinski definition) is 5. The normalized spacial score (nSPS) is 11.0. The van der Waals surface area contributed by atoms with Gasteiger partial charge in [-0.3, -0.25) is 4.79 Å². The standard InChI is InChI=1S/C17H19N3O3S/c1-11-4-5-13(23-11)9-20(2)16(21)10-24-17-18-14-7-6-12(22-3)8-15(14)19-17/h4-8H,9-10H2,1-3H3,(H,18,19). The average Bonchev–Trinajstić information content (AvgIpc) is 3.17. The average molecular weight is 345 g/mol. The maximum atomic E-state index is 12.2. The Balaban J connectivity index is 1.59. The van der Waals surface area contributed by atoms with Gasteiger partial charge in [0.25, 0.3) is 0 Å². The van der Waals surface area contributed by atoms with Crippen LogP contribution >= 0.6 is 11.8 Å². The second-order valence-electron chi connectivity index (χ2n) is 5.48. The summed E-state index contributed by atoms with van der Waals surface area (Å²) in [6.07, 6.45) is 0. The van der Waals surface area contributed by atoms with Crippen molar-refractivity contribution < 1.29 is 13.9 Å². The number of nitrogens with one attached hydrogen (secondary N) is 1. The number of benzene rings is 1. The first-order valence-electron chi connectivity index (χ1n) is 7.51. The van der Waals surface area contributed by atoms with Gasteiger partial charge in [0.1, 0.15) is 17.3 Å². The van der Waals surface area contributed by atoms with E-state index >= 15 is 0 Å². The Morgan fingerprint density at radius 2 is 2.21 bits per heavy atom. The number of nitrogens with zero attached hydrogens (tertiary/aromatic N) is 2. The first-order chi connectivity index (χ1) is 11.5. The van der Waals surface area contributed by atoms with E-state index in [0.29, 0.717) is 17.5 Å². The van der Waals surface area contributed by atoms with E-state index < -0.39 is 0 Å². The van der Waals surface area contributed by atoms with Crippen LogP contribution in [0.3, 0.4) is 0 Å². The number of methoxy groups -OCH3 is 1. The van der Waals surface area contributed by atoms with E-state index in [9.17, 15) is 4.79 Å². The Hall–Kier alpha value is -2.41. The van der Waals surface area contributed by atoms with Crippen molar-refractivity contribution in [2.45, 2.75) is 18.6 Å². The summed E-state index contributed by atoms with van der Waals surface area (Å²) < 4.78 is 10.7. The minimum atomic E-state index is 0.0205. The SMILES string of the molecule is COc1ccc2nc(SCC(=O)N(C)Cc3ccc(C)o3)[nH]c2c1. The predicted octanol–water partition coefficient (Wildman–Crippen LogP) is 3.22. The first kappa shape index (κ1) is 16.4. The smallest absolute Gasteiger partial charge is 0.233 e. The number of aromatic nitrogens is 2. The number of imidazole rings is 1. The summed E-state index contributed by atoms with van der Waals surface area (Å²) in [5, 5.41) is 0.717. The lowest BCUT2D eigenvalue weighted by Crippen LogP contribution is -2.27. The monoisotopic (exact) mass is 345 g/mol.